The minimum atomic E-state index is -0.405. The summed E-state index contributed by atoms with van der Waals surface area (Å²) in [6, 6.07) is 8.08. The van der Waals surface area contributed by atoms with Crippen molar-refractivity contribution in [3.05, 3.63) is 40.9 Å². The number of amides is 2. The van der Waals surface area contributed by atoms with Gasteiger partial charge in [0, 0.05) is 24.7 Å². The Morgan fingerprint density at radius 3 is 2.56 bits per heavy atom. The van der Waals surface area contributed by atoms with E-state index in [1.807, 2.05) is 0 Å². The molecule has 2 amide bonds. The van der Waals surface area contributed by atoms with E-state index in [9.17, 15) is 9.59 Å². The van der Waals surface area contributed by atoms with Crippen LogP contribution in [0.3, 0.4) is 0 Å². The smallest absolute Gasteiger partial charge is 0.259 e. The van der Waals surface area contributed by atoms with Crippen LogP contribution in [0, 0.1) is 0 Å². The zero-order valence-electron chi connectivity index (χ0n) is 15.0. The highest BCUT2D eigenvalue weighted by Gasteiger charge is 2.25. The summed E-state index contributed by atoms with van der Waals surface area (Å²) < 4.78 is 10.6. The predicted octanol–water partition coefficient (Wildman–Crippen LogP) is 3.32. The van der Waals surface area contributed by atoms with E-state index in [4.69, 9.17) is 26.8 Å². The number of nitrogen functional groups attached to an aromatic ring is 1. The van der Waals surface area contributed by atoms with Crippen LogP contribution in [0.25, 0.3) is 0 Å². The molecule has 2 aromatic carbocycles. The number of hydrogen-bond acceptors (Lipinski definition) is 5. The van der Waals surface area contributed by atoms with E-state index >= 15 is 0 Å². The van der Waals surface area contributed by atoms with Gasteiger partial charge in [0.15, 0.2) is 0 Å². The van der Waals surface area contributed by atoms with Crippen molar-refractivity contribution in [1.82, 2.24) is 0 Å². The summed E-state index contributed by atoms with van der Waals surface area (Å²) in [6.45, 7) is 0.619. The van der Waals surface area contributed by atoms with Crippen LogP contribution in [0.2, 0.25) is 5.02 Å². The van der Waals surface area contributed by atoms with Crippen LogP contribution < -0.4 is 25.4 Å². The molecule has 8 heteroatoms. The number of carbonyl (C=O) groups excluding carboxylic acids is 2. The Labute approximate surface area is 162 Å². The third-order valence-corrected chi connectivity index (χ3v) is 4.69. The SMILES string of the molecule is COc1cc(N)c(Cl)cc1C(=O)Nc1ccc(OC)c(N2CCCC2=O)c1. The molecule has 3 N–H and O–H groups in total. The number of anilines is 3. The van der Waals surface area contributed by atoms with Crippen molar-refractivity contribution in [3.8, 4) is 11.5 Å². The number of nitrogens with two attached hydrogens (primary N) is 1. The van der Waals surface area contributed by atoms with Crippen molar-refractivity contribution < 1.29 is 19.1 Å². The lowest BCUT2D eigenvalue weighted by atomic mass is 10.1. The van der Waals surface area contributed by atoms with Crippen molar-refractivity contribution in [2.75, 3.05) is 36.7 Å². The topological polar surface area (TPSA) is 93.9 Å². The molecule has 27 heavy (non-hydrogen) atoms. The van der Waals surface area contributed by atoms with Gasteiger partial charge in [-0.3, -0.25) is 9.59 Å². The van der Waals surface area contributed by atoms with E-state index in [1.54, 1.807) is 30.2 Å². The third kappa shape index (κ3) is 3.78. The predicted molar refractivity (Wildman–Crippen MR) is 105 cm³/mol. The number of rotatable bonds is 5. The van der Waals surface area contributed by atoms with Crippen LogP contribution >= 0.6 is 11.6 Å². The fourth-order valence-corrected chi connectivity index (χ4v) is 3.16. The van der Waals surface area contributed by atoms with Gasteiger partial charge in [0.1, 0.15) is 11.5 Å². The molecule has 2 aromatic rings. The van der Waals surface area contributed by atoms with Gasteiger partial charge in [-0.05, 0) is 30.7 Å². The quantitative estimate of drug-likeness (QED) is 0.765. The lowest BCUT2D eigenvalue weighted by Crippen LogP contribution is -2.24. The molecule has 0 aromatic heterocycles. The molecule has 0 bridgehead atoms. The van der Waals surface area contributed by atoms with Gasteiger partial charge in [-0.1, -0.05) is 11.6 Å². The van der Waals surface area contributed by atoms with Crippen molar-refractivity contribution in [1.29, 1.82) is 0 Å². The molecule has 0 unspecified atom stereocenters. The first-order valence-corrected chi connectivity index (χ1v) is 8.75. The maximum Gasteiger partial charge on any atom is 0.259 e. The van der Waals surface area contributed by atoms with Gasteiger partial charge in [-0.2, -0.15) is 0 Å². The lowest BCUT2D eigenvalue weighted by Gasteiger charge is -2.20. The second kappa shape index (κ2) is 7.75. The van der Waals surface area contributed by atoms with Crippen LogP contribution in [-0.2, 0) is 4.79 Å². The first kappa shape index (κ1) is 18.8. The number of nitrogens with zero attached hydrogens (tertiary/aromatic N) is 1. The molecule has 1 fully saturated rings. The summed E-state index contributed by atoms with van der Waals surface area (Å²) in [5.41, 5.74) is 7.48. The molecule has 0 spiro atoms. The molecule has 1 aliphatic rings. The van der Waals surface area contributed by atoms with Gasteiger partial charge in [-0.25, -0.2) is 0 Å². The molecule has 0 radical (unpaired) electrons. The Bertz CT molecular complexity index is 901. The van der Waals surface area contributed by atoms with Crippen molar-refractivity contribution >= 4 is 40.5 Å². The van der Waals surface area contributed by atoms with Crippen LogP contribution in [0.4, 0.5) is 17.1 Å². The van der Waals surface area contributed by atoms with Crippen LogP contribution in [0.1, 0.15) is 23.2 Å². The number of nitrogens with one attached hydrogen (secondary N) is 1. The first-order chi connectivity index (χ1) is 12.9. The third-order valence-electron chi connectivity index (χ3n) is 4.36. The van der Waals surface area contributed by atoms with Crippen LogP contribution in [-0.4, -0.2) is 32.6 Å². The van der Waals surface area contributed by atoms with E-state index in [-0.39, 0.29) is 16.5 Å². The highest BCUT2D eigenvalue weighted by molar-refractivity contribution is 6.33. The van der Waals surface area contributed by atoms with Gasteiger partial charge in [0.2, 0.25) is 5.91 Å². The highest BCUT2D eigenvalue weighted by Crippen LogP contribution is 2.35. The minimum absolute atomic E-state index is 0.0313. The molecule has 1 saturated heterocycles. The summed E-state index contributed by atoms with van der Waals surface area (Å²) in [4.78, 5) is 26.5. The Hall–Kier alpha value is -2.93. The monoisotopic (exact) mass is 389 g/mol. The Morgan fingerprint density at radius 1 is 1.19 bits per heavy atom. The molecular formula is C19H20ClN3O4. The van der Waals surface area contributed by atoms with Gasteiger partial charge in [0.25, 0.3) is 5.91 Å². The molecule has 7 nitrogen and oxygen atoms in total. The normalized spacial score (nSPS) is 13.6. The largest absolute Gasteiger partial charge is 0.496 e. The number of benzene rings is 2. The average Bonchev–Trinajstić information content (AvgIpc) is 3.09. The summed E-state index contributed by atoms with van der Waals surface area (Å²) in [5.74, 6) is 0.510. The molecule has 0 atom stereocenters. The molecule has 0 saturated carbocycles. The van der Waals surface area contributed by atoms with E-state index in [0.717, 1.165) is 6.42 Å². The Morgan fingerprint density at radius 2 is 1.93 bits per heavy atom. The summed E-state index contributed by atoms with van der Waals surface area (Å²) in [7, 11) is 2.99. The number of hydrogen-bond donors (Lipinski definition) is 2. The lowest BCUT2D eigenvalue weighted by molar-refractivity contribution is -0.117. The van der Waals surface area contributed by atoms with Gasteiger partial charge < -0.3 is 25.4 Å². The van der Waals surface area contributed by atoms with Crippen molar-refractivity contribution in [2.24, 2.45) is 0 Å². The summed E-state index contributed by atoms with van der Waals surface area (Å²) >= 11 is 6.04. The summed E-state index contributed by atoms with van der Waals surface area (Å²) in [5, 5.41) is 3.06. The highest BCUT2D eigenvalue weighted by atomic mass is 35.5. The molecule has 142 valence electrons. The molecular weight excluding hydrogens is 370 g/mol. The van der Waals surface area contributed by atoms with E-state index < -0.39 is 5.91 Å². The molecule has 1 heterocycles. The Kier molecular flexibility index (Phi) is 5.41. The van der Waals surface area contributed by atoms with Gasteiger partial charge in [-0.15, -0.1) is 0 Å². The zero-order chi connectivity index (χ0) is 19.6. The second-order valence-electron chi connectivity index (χ2n) is 6.06. The van der Waals surface area contributed by atoms with E-state index in [1.165, 1.54) is 19.2 Å². The minimum Gasteiger partial charge on any atom is -0.496 e. The second-order valence-corrected chi connectivity index (χ2v) is 6.47. The van der Waals surface area contributed by atoms with Crippen molar-refractivity contribution in [3.63, 3.8) is 0 Å². The number of halogens is 1. The number of ether oxygens (including phenoxy) is 2. The molecule has 3 rings (SSSR count). The fraction of sp³-hybridized carbons (Fsp3) is 0.263. The van der Waals surface area contributed by atoms with Crippen LogP contribution in [0.5, 0.6) is 11.5 Å². The Balaban J connectivity index is 1.91. The average molecular weight is 390 g/mol. The maximum absolute atomic E-state index is 12.7. The van der Waals surface area contributed by atoms with E-state index in [2.05, 4.69) is 5.32 Å². The fourth-order valence-electron chi connectivity index (χ4n) is 3.00. The maximum atomic E-state index is 12.7. The van der Waals surface area contributed by atoms with Crippen molar-refractivity contribution in [2.45, 2.75) is 12.8 Å². The molecule has 0 aliphatic carbocycles. The zero-order valence-corrected chi connectivity index (χ0v) is 15.8. The standard InChI is InChI=1S/C19H20ClN3O4/c1-26-16-6-5-11(8-15(16)23-7-3-4-18(23)24)22-19(25)12-9-13(20)14(21)10-17(12)27-2/h5-6,8-10H,3-4,7,21H2,1-2H3,(H,22,25). The van der Waals surface area contributed by atoms with Gasteiger partial charge >= 0.3 is 0 Å². The van der Waals surface area contributed by atoms with Gasteiger partial charge in [0.05, 0.1) is 36.2 Å². The number of methoxy groups -OCH3 is 2. The molecule has 1 aliphatic heterocycles. The first-order valence-electron chi connectivity index (χ1n) is 8.37. The number of carbonyl (C=O) groups is 2. The van der Waals surface area contributed by atoms with E-state index in [0.29, 0.717) is 41.5 Å². The summed E-state index contributed by atoms with van der Waals surface area (Å²) in [6.07, 6.45) is 1.29. The van der Waals surface area contributed by atoms with Crippen LogP contribution in [0.15, 0.2) is 30.3 Å².